The molecular formula is C11H13NO4. The van der Waals surface area contributed by atoms with E-state index in [2.05, 4.69) is 4.84 Å². The molecule has 5 nitrogen and oxygen atoms in total. The number of hydrogen-bond acceptors (Lipinski definition) is 4. The Morgan fingerprint density at radius 2 is 2.12 bits per heavy atom. The average Bonchev–Trinajstić information content (AvgIpc) is 2.26. The molecule has 0 spiro atoms. The monoisotopic (exact) mass is 223 g/mol. The van der Waals surface area contributed by atoms with Crippen molar-refractivity contribution in [3.8, 4) is 5.75 Å². The lowest BCUT2D eigenvalue weighted by atomic mass is 10.1. The van der Waals surface area contributed by atoms with Crippen LogP contribution in [0.15, 0.2) is 24.3 Å². The van der Waals surface area contributed by atoms with Crippen LogP contribution in [-0.4, -0.2) is 19.0 Å². The minimum Gasteiger partial charge on any atom is -0.497 e. The van der Waals surface area contributed by atoms with Crippen molar-refractivity contribution in [2.75, 3.05) is 7.11 Å². The molecule has 0 saturated heterocycles. The third kappa shape index (κ3) is 4.00. The second kappa shape index (κ2) is 5.75. The van der Waals surface area contributed by atoms with Crippen LogP contribution in [0, 0.1) is 0 Å². The van der Waals surface area contributed by atoms with Crippen LogP contribution in [0.5, 0.6) is 5.75 Å². The number of carbonyl (C=O) groups is 2. The van der Waals surface area contributed by atoms with Gasteiger partial charge in [-0.3, -0.25) is 9.59 Å². The summed E-state index contributed by atoms with van der Waals surface area (Å²) in [5.41, 5.74) is 2.82. The second-order valence-electron chi connectivity index (χ2n) is 3.15. The number of rotatable bonds is 3. The molecule has 0 radical (unpaired) electrons. The predicted octanol–water partition coefficient (Wildman–Crippen LogP) is 0.832. The molecule has 0 aliphatic carbocycles. The second-order valence-corrected chi connectivity index (χ2v) is 3.15. The molecule has 1 aromatic rings. The Morgan fingerprint density at radius 1 is 1.38 bits per heavy atom. The summed E-state index contributed by atoms with van der Waals surface area (Å²) >= 11 is 0. The minimum atomic E-state index is -0.556. The Labute approximate surface area is 93.3 Å². The van der Waals surface area contributed by atoms with Gasteiger partial charge >= 0.3 is 5.97 Å². The highest BCUT2D eigenvalue weighted by Gasteiger charge is 2.05. The molecule has 1 rings (SSSR count). The molecule has 0 aromatic heterocycles. The summed E-state index contributed by atoms with van der Waals surface area (Å²) in [5.74, 6) is -0.264. The Kier molecular flexibility index (Phi) is 4.32. The SMILES string of the molecule is COc1cccc(CC(=O)NOC(C)=O)c1. The van der Waals surface area contributed by atoms with Gasteiger partial charge in [0.05, 0.1) is 13.5 Å². The maximum atomic E-state index is 11.3. The number of carbonyl (C=O) groups excluding carboxylic acids is 2. The number of nitrogens with one attached hydrogen (secondary N) is 1. The quantitative estimate of drug-likeness (QED) is 0.771. The van der Waals surface area contributed by atoms with E-state index in [4.69, 9.17) is 4.74 Å². The number of methoxy groups -OCH3 is 1. The minimum absolute atomic E-state index is 0.129. The summed E-state index contributed by atoms with van der Waals surface area (Å²) in [6, 6.07) is 7.10. The van der Waals surface area contributed by atoms with Gasteiger partial charge in [0.2, 0.25) is 0 Å². The summed E-state index contributed by atoms with van der Waals surface area (Å²) in [4.78, 5) is 26.1. The molecule has 1 N–H and O–H groups in total. The van der Waals surface area contributed by atoms with Crippen LogP contribution >= 0.6 is 0 Å². The van der Waals surface area contributed by atoms with Crippen LogP contribution in [0.2, 0.25) is 0 Å². The van der Waals surface area contributed by atoms with Crippen molar-refractivity contribution < 1.29 is 19.2 Å². The first-order valence-electron chi connectivity index (χ1n) is 4.71. The lowest BCUT2D eigenvalue weighted by Crippen LogP contribution is -2.27. The van der Waals surface area contributed by atoms with E-state index in [1.54, 1.807) is 31.4 Å². The van der Waals surface area contributed by atoms with Gasteiger partial charge in [0.25, 0.3) is 5.91 Å². The van der Waals surface area contributed by atoms with Gasteiger partial charge in [0, 0.05) is 6.92 Å². The van der Waals surface area contributed by atoms with Crippen molar-refractivity contribution in [3.63, 3.8) is 0 Å². The van der Waals surface area contributed by atoms with Crippen molar-refractivity contribution >= 4 is 11.9 Å². The van der Waals surface area contributed by atoms with Crippen molar-refractivity contribution in [2.24, 2.45) is 0 Å². The van der Waals surface area contributed by atoms with Crippen LogP contribution in [-0.2, 0) is 20.8 Å². The van der Waals surface area contributed by atoms with Gasteiger partial charge < -0.3 is 9.57 Å². The Hall–Kier alpha value is -2.04. The highest BCUT2D eigenvalue weighted by atomic mass is 16.7. The summed E-state index contributed by atoms with van der Waals surface area (Å²) in [6.07, 6.45) is 0.129. The molecule has 1 amide bonds. The predicted molar refractivity (Wildman–Crippen MR) is 56.6 cm³/mol. The molecule has 0 saturated carbocycles. The Balaban J connectivity index is 2.52. The molecule has 0 aliphatic rings. The molecule has 0 unspecified atom stereocenters. The first-order valence-corrected chi connectivity index (χ1v) is 4.71. The zero-order valence-corrected chi connectivity index (χ0v) is 9.15. The number of benzene rings is 1. The average molecular weight is 223 g/mol. The van der Waals surface area contributed by atoms with Gasteiger partial charge in [0.15, 0.2) is 0 Å². The summed E-state index contributed by atoms with van der Waals surface area (Å²) in [5, 5.41) is 0. The standard InChI is InChI=1S/C11H13NO4/c1-8(13)16-12-11(14)7-9-4-3-5-10(6-9)15-2/h3-6H,7H2,1-2H3,(H,12,14). The van der Waals surface area contributed by atoms with Gasteiger partial charge in [0.1, 0.15) is 5.75 Å². The van der Waals surface area contributed by atoms with E-state index < -0.39 is 5.97 Å². The molecule has 0 heterocycles. The number of ether oxygens (including phenoxy) is 1. The van der Waals surface area contributed by atoms with Gasteiger partial charge in [-0.05, 0) is 17.7 Å². The van der Waals surface area contributed by atoms with Gasteiger partial charge in [-0.15, -0.1) is 0 Å². The van der Waals surface area contributed by atoms with Gasteiger partial charge in [-0.2, -0.15) is 5.48 Å². The lowest BCUT2D eigenvalue weighted by Gasteiger charge is -2.05. The first kappa shape index (κ1) is 12.0. The Morgan fingerprint density at radius 3 is 2.75 bits per heavy atom. The molecule has 0 atom stereocenters. The molecule has 0 bridgehead atoms. The summed E-state index contributed by atoms with van der Waals surface area (Å²) in [7, 11) is 1.55. The smallest absolute Gasteiger partial charge is 0.329 e. The molecule has 86 valence electrons. The van der Waals surface area contributed by atoms with Crippen LogP contribution in [0.25, 0.3) is 0 Å². The van der Waals surface area contributed by atoms with Crippen LogP contribution < -0.4 is 10.2 Å². The molecule has 0 aliphatic heterocycles. The van der Waals surface area contributed by atoms with E-state index in [9.17, 15) is 9.59 Å². The van der Waals surface area contributed by atoms with Crippen molar-refractivity contribution in [1.82, 2.24) is 5.48 Å². The van der Waals surface area contributed by atoms with Crippen molar-refractivity contribution in [1.29, 1.82) is 0 Å². The molecular weight excluding hydrogens is 210 g/mol. The highest BCUT2D eigenvalue weighted by Crippen LogP contribution is 2.12. The molecule has 16 heavy (non-hydrogen) atoms. The molecule has 5 heteroatoms. The van der Waals surface area contributed by atoms with E-state index >= 15 is 0 Å². The topological polar surface area (TPSA) is 64.6 Å². The van der Waals surface area contributed by atoms with E-state index in [-0.39, 0.29) is 12.3 Å². The number of hydrogen-bond donors (Lipinski definition) is 1. The summed E-state index contributed by atoms with van der Waals surface area (Å²) < 4.78 is 5.02. The van der Waals surface area contributed by atoms with E-state index in [1.165, 1.54) is 6.92 Å². The van der Waals surface area contributed by atoms with Crippen LogP contribution in [0.4, 0.5) is 0 Å². The Bertz CT molecular complexity index is 389. The van der Waals surface area contributed by atoms with E-state index in [0.717, 1.165) is 5.56 Å². The third-order valence-corrected chi connectivity index (χ3v) is 1.81. The molecule has 0 fully saturated rings. The van der Waals surface area contributed by atoms with E-state index in [0.29, 0.717) is 5.75 Å². The number of amides is 1. The van der Waals surface area contributed by atoms with Crippen LogP contribution in [0.3, 0.4) is 0 Å². The third-order valence-electron chi connectivity index (χ3n) is 1.81. The fourth-order valence-electron chi connectivity index (χ4n) is 1.13. The first-order chi connectivity index (χ1) is 7.61. The van der Waals surface area contributed by atoms with Gasteiger partial charge in [-0.25, -0.2) is 0 Å². The number of hydroxylamine groups is 1. The maximum Gasteiger partial charge on any atom is 0.329 e. The van der Waals surface area contributed by atoms with Gasteiger partial charge in [-0.1, -0.05) is 12.1 Å². The normalized spacial score (nSPS) is 9.38. The fourth-order valence-corrected chi connectivity index (χ4v) is 1.13. The van der Waals surface area contributed by atoms with Crippen molar-refractivity contribution in [2.45, 2.75) is 13.3 Å². The summed E-state index contributed by atoms with van der Waals surface area (Å²) in [6.45, 7) is 1.21. The van der Waals surface area contributed by atoms with E-state index in [1.807, 2.05) is 5.48 Å². The zero-order chi connectivity index (χ0) is 12.0. The molecule has 1 aromatic carbocycles. The highest BCUT2D eigenvalue weighted by molar-refractivity contribution is 5.79. The fraction of sp³-hybridized carbons (Fsp3) is 0.273. The lowest BCUT2D eigenvalue weighted by molar-refractivity contribution is -0.155. The van der Waals surface area contributed by atoms with Crippen LogP contribution in [0.1, 0.15) is 12.5 Å². The largest absolute Gasteiger partial charge is 0.497 e. The maximum absolute atomic E-state index is 11.3. The zero-order valence-electron chi connectivity index (χ0n) is 9.15. The van der Waals surface area contributed by atoms with Crippen molar-refractivity contribution in [3.05, 3.63) is 29.8 Å².